The van der Waals surface area contributed by atoms with Crippen LogP contribution in [0.4, 0.5) is 0 Å². The van der Waals surface area contributed by atoms with E-state index >= 15 is 0 Å². The van der Waals surface area contributed by atoms with Crippen molar-refractivity contribution in [3.63, 3.8) is 0 Å². The van der Waals surface area contributed by atoms with E-state index in [1.807, 2.05) is 5.38 Å². The predicted molar refractivity (Wildman–Crippen MR) is 78.4 cm³/mol. The van der Waals surface area contributed by atoms with Crippen molar-refractivity contribution in [2.24, 2.45) is 0 Å². The Kier molecular flexibility index (Phi) is 4.79. The highest BCUT2D eigenvalue weighted by atomic mass is 32.2. The molecule has 0 bridgehead atoms. The van der Waals surface area contributed by atoms with Crippen molar-refractivity contribution in [2.75, 3.05) is 14.1 Å². The minimum Gasteiger partial charge on any atom is -0.348 e. The van der Waals surface area contributed by atoms with E-state index in [1.165, 1.54) is 4.21 Å². The number of thioether (sulfide) groups is 1. The van der Waals surface area contributed by atoms with E-state index in [0.717, 1.165) is 16.5 Å². The highest BCUT2D eigenvalue weighted by Crippen LogP contribution is 2.27. The first-order chi connectivity index (χ1) is 8.65. The van der Waals surface area contributed by atoms with Crippen LogP contribution in [0.15, 0.2) is 27.1 Å². The third-order valence-electron chi connectivity index (χ3n) is 2.26. The standard InChI is InChI=1S/C12H14N2OS3/c1-14(2)11(15)6-10-13-9(7-17-10)8-18-12-4-3-5-16-12/h3-5,7H,6,8H2,1-2H3. The monoisotopic (exact) mass is 298 g/mol. The smallest absolute Gasteiger partial charge is 0.228 e. The SMILES string of the molecule is CN(C)C(=O)Cc1nc(CSc2cccs2)cs1. The Bertz CT molecular complexity index is 505. The minimum atomic E-state index is 0.0989. The number of thiophene rings is 1. The Morgan fingerprint density at radius 1 is 1.44 bits per heavy atom. The van der Waals surface area contributed by atoms with Crippen LogP contribution in [0.25, 0.3) is 0 Å². The van der Waals surface area contributed by atoms with Crippen LogP contribution in [0.2, 0.25) is 0 Å². The summed E-state index contributed by atoms with van der Waals surface area (Å²) >= 11 is 5.09. The van der Waals surface area contributed by atoms with Crippen LogP contribution in [0.1, 0.15) is 10.7 Å². The molecule has 96 valence electrons. The zero-order valence-corrected chi connectivity index (χ0v) is 12.7. The van der Waals surface area contributed by atoms with E-state index in [4.69, 9.17) is 0 Å². The van der Waals surface area contributed by atoms with Gasteiger partial charge in [0.1, 0.15) is 5.01 Å². The summed E-state index contributed by atoms with van der Waals surface area (Å²) in [6.45, 7) is 0. The highest BCUT2D eigenvalue weighted by Gasteiger charge is 2.09. The number of carbonyl (C=O) groups is 1. The molecular formula is C12H14N2OS3. The number of carbonyl (C=O) groups excluding carboxylic acids is 1. The molecule has 18 heavy (non-hydrogen) atoms. The second-order valence-corrected chi connectivity index (χ2v) is 7.08. The number of likely N-dealkylation sites (N-methyl/N-ethyl adjacent to an activating group) is 1. The molecule has 2 rings (SSSR count). The maximum Gasteiger partial charge on any atom is 0.228 e. The Hall–Kier alpha value is -0.850. The summed E-state index contributed by atoms with van der Waals surface area (Å²) in [6.07, 6.45) is 0.404. The van der Waals surface area contributed by atoms with Gasteiger partial charge in [0.05, 0.1) is 16.3 Å². The molecule has 1 amide bonds. The van der Waals surface area contributed by atoms with E-state index in [-0.39, 0.29) is 5.91 Å². The van der Waals surface area contributed by atoms with Gasteiger partial charge in [-0.15, -0.1) is 34.4 Å². The summed E-state index contributed by atoms with van der Waals surface area (Å²) in [7, 11) is 3.53. The van der Waals surface area contributed by atoms with Crippen LogP contribution in [0.5, 0.6) is 0 Å². The molecule has 0 aliphatic carbocycles. The fourth-order valence-corrected chi connectivity index (χ4v) is 3.84. The molecule has 0 aliphatic rings. The first-order valence-corrected chi connectivity index (χ1v) is 8.19. The number of thiazole rings is 1. The summed E-state index contributed by atoms with van der Waals surface area (Å²) in [6, 6.07) is 4.16. The van der Waals surface area contributed by atoms with Gasteiger partial charge in [0, 0.05) is 25.2 Å². The zero-order valence-electron chi connectivity index (χ0n) is 10.3. The van der Waals surface area contributed by atoms with Crippen molar-refractivity contribution in [3.8, 4) is 0 Å². The lowest BCUT2D eigenvalue weighted by Crippen LogP contribution is -2.23. The quantitative estimate of drug-likeness (QED) is 0.795. The summed E-state index contributed by atoms with van der Waals surface area (Å²) < 4.78 is 1.30. The molecule has 0 aromatic carbocycles. The average Bonchev–Trinajstić information content (AvgIpc) is 2.96. The molecule has 2 aromatic rings. The van der Waals surface area contributed by atoms with Gasteiger partial charge in [-0.2, -0.15) is 0 Å². The van der Waals surface area contributed by atoms with Gasteiger partial charge in [-0.1, -0.05) is 6.07 Å². The molecule has 0 N–H and O–H groups in total. The molecule has 0 saturated carbocycles. The van der Waals surface area contributed by atoms with Crippen molar-refractivity contribution >= 4 is 40.3 Å². The number of hydrogen-bond acceptors (Lipinski definition) is 5. The van der Waals surface area contributed by atoms with Crippen molar-refractivity contribution in [2.45, 2.75) is 16.4 Å². The van der Waals surface area contributed by atoms with Crippen LogP contribution >= 0.6 is 34.4 Å². The van der Waals surface area contributed by atoms with E-state index in [2.05, 4.69) is 22.5 Å². The van der Waals surface area contributed by atoms with Gasteiger partial charge in [-0.3, -0.25) is 4.79 Å². The maximum atomic E-state index is 11.6. The summed E-state index contributed by atoms with van der Waals surface area (Å²) in [5.41, 5.74) is 1.06. The molecule has 2 heterocycles. The Labute approximate surface area is 119 Å². The summed E-state index contributed by atoms with van der Waals surface area (Å²) in [5.74, 6) is 0.967. The van der Waals surface area contributed by atoms with Gasteiger partial charge in [0.25, 0.3) is 0 Å². The van der Waals surface area contributed by atoms with E-state index < -0.39 is 0 Å². The largest absolute Gasteiger partial charge is 0.348 e. The fraction of sp³-hybridized carbons (Fsp3) is 0.333. The van der Waals surface area contributed by atoms with Crippen LogP contribution in [0.3, 0.4) is 0 Å². The van der Waals surface area contributed by atoms with Gasteiger partial charge < -0.3 is 4.90 Å². The van der Waals surface area contributed by atoms with Gasteiger partial charge >= 0.3 is 0 Å². The van der Waals surface area contributed by atoms with Crippen molar-refractivity contribution in [1.82, 2.24) is 9.88 Å². The Morgan fingerprint density at radius 3 is 2.94 bits per heavy atom. The molecule has 0 fully saturated rings. The second-order valence-electron chi connectivity index (χ2n) is 3.92. The van der Waals surface area contributed by atoms with Crippen LogP contribution in [-0.2, 0) is 17.0 Å². The van der Waals surface area contributed by atoms with Crippen molar-refractivity contribution in [3.05, 3.63) is 33.6 Å². The van der Waals surface area contributed by atoms with E-state index in [1.54, 1.807) is 53.4 Å². The van der Waals surface area contributed by atoms with Crippen LogP contribution < -0.4 is 0 Å². The molecule has 0 atom stereocenters. The van der Waals surface area contributed by atoms with E-state index in [9.17, 15) is 4.79 Å². The lowest BCUT2D eigenvalue weighted by atomic mass is 10.4. The van der Waals surface area contributed by atoms with Crippen molar-refractivity contribution in [1.29, 1.82) is 0 Å². The normalized spacial score (nSPS) is 10.6. The molecule has 0 spiro atoms. The predicted octanol–water partition coefficient (Wildman–Crippen LogP) is 3.13. The van der Waals surface area contributed by atoms with Gasteiger partial charge in [-0.05, 0) is 11.4 Å². The number of rotatable bonds is 5. The van der Waals surface area contributed by atoms with Crippen molar-refractivity contribution < 1.29 is 4.79 Å². The first-order valence-electron chi connectivity index (χ1n) is 5.45. The molecule has 3 nitrogen and oxygen atoms in total. The van der Waals surface area contributed by atoms with Gasteiger partial charge in [-0.25, -0.2) is 4.98 Å². The van der Waals surface area contributed by atoms with Crippen LogP contribution in [-0.4, -0.2) is 29.9 Å². The Morgan fingerprint density at radius 2 is 2.28 bits per heavy atom. The second kappa shape index (κ2) is 6.36. The summed E-state index contributed by atoms with van der Waals surface area (Å²) in [4.78, 5) is 17.6. The first kappa shape index (κ1) is 13.6. The minimum absolute atomic E-state index is 0.0989. The maximum absolute atomic E-state index is 11.6. The topological polar surface area (TPSA) is 33.2 Å². The van der Waals surface area contributed by atoms with Crippen LogP contribution in [0, 0.1) is 0 Å². The molecule has 0 saturated heterocycles. The number of hydrogen-bond donors (Lipinski definition) is 0. The van der Waals surface area contributed by atoms with Gasteiger partial charge in [0.2, 0.25) is 5.91 Å². The molecule has 6 heteroatoms. The lowest BCUT2D eigenvalue weighted by Gasteiger charge is -2.07. The molecule has 0 unspecified atom stereocenters. The summed E-state index contributed by atoms with van der Waals surface area (Å²) in [5, 5.41) is 5.01. The number of aromatic nitrogens is 1. The highest BCUT2D eigenvalue weighted by molar-refractivity contribution is 8.00. The lowest BCUT2D eigenvalue weighted by molar-refractivity contribution is -0.127. The van der Waals surface area contributed by atoms with Gasteiger partial charge in [0.15, 0.2) is 0 Å². The van der Waals surface area contributed by atoms with E-state index in [0.29, 0.717) is 6.42 Å². The third-order valence-corrected chi connectivity index (χ3v) is 5.32. The number of nitrogens with zero attached hydrogens (tertiary/aromatic N) is 2. The molecular weight excluding hydrogens is 284 g/mol. The molecule has 0 aliphatic heterocycles. The number of amides is 1. The Balaban J connectivity index is 1.88. The molecule has 2 aromatic heterocycles. The molecule has 0 radical (unpaired) electrons. The fourth-order valence-electron chi connectivity index (χ4n) is 1.27. The zero-order chi connectivity index (χ0) is 13.0. The average molecular weight is 298 g/mol. The third kappa shape index (κ3) is 3.83.